The van der Waals surface area contributed by atoms with Crippen molar-refractivity contribution in [3.8, 4) is 0 Å². The average Bonchev–Trinajstić information content (AvgIpc) is 3.04. The van der Waals surface area contributed by atoms with Gasteiger partial charge in [-0.2, -0.15) is 0 Å². The lowest BCUT2D eigenvalue weighted by Crippen LogP contribution is -2.24. The van der Waals surface area contributed by atoms with Crippen molar-refractivity contribution < 1.29 is 0 Å². The van der Waals surface area contributed by atoms with Gasteiger partial charge in [0, 0.05) is 30.9 Å². The van der Waals surface area contributed by atoms with Crippen LogP contribution in [0.15, 0.2) is 18.5 Å². The van der Waals surface area contributed by atoms with Crippen molar-refractivity contribution in [3.05, 3.63) is 29.0 Å². The molecule has 1 aromatic heterocycles. The Morgan fingerprint density at radius 2 is 2.33 bits per heavy atom. The van der Waals surface area contributed by atoms with Gasteiger partial charge in [0.2, 0.25) is 0 Å². The first kappa shape index (κ1) is 11.2. The summed E-state index contributed by atoms with van der Waals surface area (Å²) in [7, 11) is 0. The van der Waals surface area contributed by atoms with Crippen molar-refractivity contribution in [3.63, 3.8) is 0 Å². The van der Waals surface area contributed by atoms with Crippen LogP contribution in [0.4, 0.5) is 0 Å². The van der Waals surface area contributed by atoms with E-state index in [1.165, 1.54) is 12.8 Å². The van der Waals surface area contributed by atoms with Crippen LogP contribution in [0.2, 0.25) is 5.02 Å². The number of aromatic nitrogens is 1. The van der Waals surface area contributed by atoms with Gasteiger partial charge in [0.25, 0.3) is 0 Å². The number of hydrogen-bond acceptors (Lipinski definition) is 2. The zero-order chi connectivity index (χ0) is 10.7. The second-order valence-corrected chi connectivity index (χ2v) is 4.92. The van der Waals surface area contributed by atoms with Gasteiger partial charge in [0.15, 0.2) is 0 Å². The summed E-state index contributed by atoms with van der Waals surface area (Å²) in [6.45, 7) is 1.61. The second-order valence-electron chi connectivity index (χ2n) is 3.95. The Hall–Kier alpha value is -0.310. The molecule has 1 saturated carbocycles. The van der Waals surface area contributed by atoms with E-state index in [1.54, 1.807) is 12.4 Å². The van der Waals surface area contributed by atoms with Crippen molar-refractivity contribution in [1.82, 2.24) is 10.3 Å². The smallest absolute Gasteiger partial charge is 0.0634 e. The zero-order valence-electron chi connectivity index (χ0n) is 8.42. The van der Waals surface area contributed by atoms with Crippen molar-refractivity contribution in [2.24, 2.45) is 5.92 Å². The predicted molar refractivity (Wildman–Crippen MR) is 63.3 cm³/mol. The third-order valence-corrected chi connectivity index (χ3v) is 3.50. The fourth-order valence-corrected chi connectivity index (χ4v) is 2.06. The molecular formula is C11H14Cl2N2. The van der Waals surface area contributed by atoms with E-state index >= 15 is 0 Å². The molecule has 82 valence electrons. The van der Waals surface area contributed by atoms with Crippen LogP contribution in [0.25, 0.3) is 0 Å². The van der Waals surface area contributed by atoms with Gasteiger partial charge in [0.05, 0.1) is 5.02 Å². The minimum Gasteiger partial charge on any atom is -0.311 e. The molecule has 0 radical (unpaired) electrons. The third-order valence-electron chi connectivity index (χ3n) is 2.64. The van der Waals surface area contributed by atoms with Gasteiger partial charge in [-0.05, 0) is 30.4 Å². The highest BCUT2D eigenvalue weighted by atomic mass is 35.5. The Kier molecular flexibility index (Phi) is 3.84. The molecule has 0 saturated heterocycles. The number of hydrogen-bond donors (Lipinski definition) is 1. The summed E-state index contributed by atoms with van der Waals surface area (Å²) in [6, 6.07) is 1.93. The molecule has 0 aliphatic heterocycles. The number of halogens is 2. The van der Waals surface area contributed by atoms with E-state index in [0.29, 0.717) is 5.02 Å². The zero-order valence-corrected chi connectivity index (χ0v) is 9.93. The maximum absolute atomic E-state index is 6.18. The molecule has 1 aliphatic carbocycles. The monoisotopic (exact) mass is 244 g/mol. The van der Waals surface area contributed by atoms with Crippen molar-refractivity contribution in [1.29, 1.82) is 0 Å². The fraction of sp³-hybridized carbons (Fsp3) is 0.545. The molecule has 1 aromatic rings. The highest BCUT2D eigenvalue weighted by Gasteiger charge is 2.29. The lowest BCUT2D eigenvalue weighted by molar-refractivity contribution is 0.620. The van der Waals surface area contributed by atoms with E-state index in [4.69, 9.17) is 23.2 Å². The number of nitrogens with one attached hydrogen (secondary N) is 1. The normalized spacial score (nSPS) is 17.7. The van der Waals surface area contributed by atoms with Gasteiger partial charge in [-0.3, -0.25) is 4.98 Å². The summed E-state index contributed by atoms with van der Waals surface area (Å²) in [5.41, 5.74) is 1.08. The van der Waals surface area contributed by atoms with Gasteiger partial charge in [-0.15, -0.1) is 11.6 Å². The molecule has 0 bridgehead atoms. The molecule has 2 nitrogen and oxygen atoms in total. The molecule has 0 spiro atoms. The van der Waals surface area contributed by atoms with E-state index in [1.807, 2.05) is 6.07 Å². The standard InChI is InChI=1S/C11H14Cl2N2/c12-10(8-1-2-8)7-15-5-9-3-4-14-6-11(9)13/h3-4,6,8,10,15H,1-2,5,7H2. The van der Waals surface area contributed by atoms with Crippen molar-refractivity contribution in [2.45, 2.75) is 24.8 Å². The van der Waals surface area contributed by atoms with Crippen LogP contribution in [-0.2, 0) is 6.54 Å². The first-order valence-electron chi connectivity index (χ1n) is 5.20. The molecule has 1 aliphatic rings. The maximum atomic E-state index is 6.18. The van der Waals surface area contributed by atoms with Gasteiger partial charge < -0.3 is 5.32 Å². The van der Waals surface area contributed by atoms with Gasteiger partial charge in [-0.1, -0.05) is 11.6 Å². The Balaban J connectivity index is 1.75. The van der Waals surface area contributed by atoms with Crippen LogP contribution < -0.4 is 5.32 Å². The van der Waals surface area contributed by atoms with E-state index in [2.05, 4.69) is 10.3 Å². The number of alkyl halides is 1. The number of rotatable bonds is 5. The van der Waals surface area contributed by atoms with Gasteiger partial charge >= 0.3 is 0 Å². The molecule has 1 atom stereocenters. The van der Waals surface area contributed by atoms with Crippen LogP contribution in [-0.4, -0.2) is 16.9 Å². The Bertz CT molecular complexity index is 326. The summed E-state index contributed by atoms with van der Waals surface area (Å²) in [5, 5.41) is 4.30. The Morgan fingerprint density at radius 3 is 3.00 bits per heavy atom. The first-order chi connectivity index (χ1) is 7.27. The van der Waals surface area contributed by atoms with Crippen LogP contribution >= 0.6 is 23.2 Å². The van der Waals surface area contributed by atoms with Gasteiger partial charge in [-0.25, -0.2) is 0 Å². The highest BCUT2D eigenvalue weighted by molar-refractivity contribution is 6.31. The van der Waals surface area contributed by atoms with E-state index in [-0.39, 0.29) is 5.38 Å². The number of nitrogens with zero attached hydrogens (tertiary/aromatic N) is 1. The lowest BCUT2D eigenvalue weighted by Gasteiger charge is -2.10. The third kappa shape index (κ3) is 3.33. The quantitative estimate of drug-likeness (QED) is 0.807. The molecular weight excluding hydrogens is 231 g/mol. The fourth-order valence-electron chi connectivity index (χ4n) is 1.52. The minimum atomic E-state index is 0.269. The molecule has 1 N–H and O–H groups in total. The topological polar surface area (TPSA) is 24.9 Å². The average molecular weight is 245 g/mol. The van der Waals surface area contributed by atoms with Gasteiger partial charge in [0.1, 0.15) is 0 Å². The Morgan fingerprint density at radius 1 is 1.53 bits per heavy atom. The molecule has 1 heterocycles. The summed E-state index contributed by atoms with van der Waals surface area (Å²) in [6.07, 6.45) is 5.98. The summed E-state index contributed by atoms with van der Waals surface area (Å²) >= 11 is 12.2. The molecule has 15 heavy (non-hydrogen) atoms. The summed E-state index contributed by atoms with van der Waals surface area (Å²) < 4.78 is 0. The van der Waals surface area contributed by atoms with Crippen molar-refractivity contribution in [2.75, 3.05) is 6.54 Å². The van der Waals surface area contributed by atoms with E-state index in [9.17, 15) is 0 Å². The van der Waals surface area contributed by atoms with E-state index < -0.39 is 0 Å². The lowest BCUT2D eigenvalue weighted by atomic mass is 10.2. The summed E-state index contributed by atoms with van der Waals surface area (Å²) in [4.78, 5) is 3.94. The molecule has 4 heteroatoms. The highest BCUT2D eigenvalue weighted by Crippen LogP contribution is 2.35. The van der Waals surface area contributed by atoms with Crippen LogP contribution in [0.3, 0.4) is 0 Å². The Labute approximate surface area is 100.0 Å². The maximum Gasteiger partial charge on any atom is 0.0634 e. The molecule has 0 amide bonds. The van der Waals surface area contributed by atoms with E-state index in [0.717, 1.165) is 24.6 Å². The van der Waals surface area contributed by atoms with Crippen LogP contribution in [0, 0.1) is 5.92 Å². The van der Waals surface area contributed by atoms with Crippen molar-refractivity contribution >= 4 is 23.2 Å². The van der Waals surface area contributed by atoms with Crippen LogP contribution in [0.1, 0.15) is 18.4 Å². The minimum absolute atomic E-state index is 0.269. The first-order valence-corrected chi connectivity index (χ1v) is 6.02. The summed E-state index contributed by atoms with van der Waals surface area (Å²) in [5.74, 6) is 0.729. The SMILES string of the molecule is Clc1cnccc1CNCC(Cl)C1CC1. The predicted octanol–water partition coefficient (Wildman–Crippen LogP) is 2.84. The molecule has 0 aromatic carbocycles. The number of pyridine rings is 1. The molecule has 2 rings (SSSR count). The largest absolute Gasteiger partial charge is 0.311 e. The van der Waals surface area contributed by atoms with Crippen LogP contribution in [0.5, 0.6) is 0 Å². The second kappa shape index (κ2) is 5.15. The molecule has 1 unspecified atom stereocenters. The molecule has 1 fully saturated rings.